The molecule has 1 heterocycles. The smallest absolute Gasteiger partial charge is 0.471 e. The predicted molar refractivity (Wildman–Crippen MR) is 29.0 cm³/mol. The van der Waals surface area contributed by atoms with E-state index in [4.69, 9.17) is 4.74 Å². The first-order valence-electron chi connectivity index (χ1n) is 1.99. The molecule has 7 heavy (non-hydrogen) atoms. The molecule has 0 bridgehead atoms. The van der Waals surface area contributed by atoms with E-state index in [0.717, 1.165) is 0 Å². The molecule has 0 spiro atoms. The van der Waals surface area contributed by atoms with Gasteiger partial charge in [-0.1, -0.05) is 0 Å². The van der Waals surface area contributed by atoms with Crippen LogP contribution in [0.25, 0.3) is 0 Å². The van der Waals surface area contributed by atoms with Gasteiger partial charge in [0.2, 0.25) is 0 Å². The van der Waals surface area contributed by atoms with E-state index in [0.29, 0.717) is 0 Å². The zero-order valence-electron chi connectivity index (χ0n) is 4.74. The summed E-state index contributed by atoms with van der Waals surface area (Å²) in [5.41, 5.74) is 0. The van der Waals surface area contributed by atoms with E-state index in [-0.39, 0.29) is 1.43 Å². The van der Waals surface area contributed by atoms with E-state index in [1.807, 2.05) is 0 Å². The highest BCUT2D eigenvalue weighted by atomic mass is 16.5. The monoisotopic (exact) mass is 96.0 g/mol. The first kappa shape index (κ1) is 4.12. The van der Waals surface area contributed by atoms with Gasteiger partial charge in [0.15, 0.2) is 0 Å². The van der Waals surface area contributed by atoms with E-state index in [2.05, 4.69) is 4.99 Å². The lowest BCUT2D eigenvalue weighted by Gasteiger charge is -1.78. The maximum atomic E-state index is 4.71. The van der Waals surface area contributed by atoms with Crippen molar-refractivity contribution in [2.45, 2.75) is 0 Å². The van der Waals surface area contributed by atoms with Gasteiger partial charge in [-0.15, -0.1) is 0 Å². The molecule has 0 aromatic rings. The summed E-state index contributed by atoms with van der Waals surface area (Å²) in [6.45, 7) is 0. The molecule has 0 fully saturated rings. The number of rotatable bonds is 0. The third-order valence-corrected chi connectivity index (χ3v) is 0.555. The minimum atomic E-state index is 0. The SMILES string of the molecule is C1=COC=CN=C1.[H+]. The van der Waals surface area contributed by atoms with Gasteiger partial charge in [0.05, 0.1) is 12.5 Å². The van der Waals surface area contributed by atoms with Gasteiger partial charge in [-0.3, -0.25) is 4.99 Å². The van der Waals surface area contributed by atoms with Crippen molar-refractivity contribution in [1.82, 2.24) is 0 Å². The minimum absolute atomic E-state index is 0. The Morgan fingerprint density at radius 1 is 1.43 bits per heavy atom. The molecule has 0 amide bonds. The Balaban J connectivity index is 0.000000490. The zero-order chi connectivity index (χ0) is 4.95. The molecule has 0 aliphatic carbocycles. The fourth-order valence-corrected chi connectivity index (χ4v) is 0.296. The van der Waals surface area contributed by atoms with Crippen LogP contribution in [-0.4, -0.2) is 6.21 Å². The summed E-state index contributed by atoms with van der Waals surface area (Å²) in [4.78, 5) is 3.75. The van der Waals surface area contributed by atoms with Gasteiger partial charge in [-0.05, 0) is 6.08 Å². The number of nitrogens with zero attached hydrogens (tertiary/aromatic N) is 1. The molecule has 0 N–H and O–H groups in total. The Labute approximate surface area is 43.3 Å². The van der Waals surface area contributed by atoms with Crippen LogP contribution in [0.5, 0.6) is 0 Å². The van der Waals surface area contributed by atoms with Gasteiger partial charge in [-0.25, -0.2) is 0 Å². The summed E-state index contributed by atoms with van der Waals surface area (Å²) in [5, 5.41) is 0. The molecule has 0 aromatic carbocycles. The van der Waals surface area contributed by atoms with Crippen LogP contribution in [-0.2, 0) is 4.74 Å². The fourth-order valence-electron chi connectivity index (χ4n) is 0.296. The van der Waals surface area contributed by atoms with Crippen molar-refractivity contribution in [2.75, 3.05) is 0 Å². The average Bonchev–Trinajstić information content (AvgIpc) is 1.90. The number of hydrogen-bond acceptors (Lipinski definition) is 2. The van der Waals surface area contributed by atoms with Gasteiger partial charge in [-0.2, -0.15) is 0 Å². The molecule has 2 nitrogen and oxygen atoms in total. The van der Waals surface area contributed by atoms with Gasteiger partial charge in [0.25, 0.3) is 0 Å². The molecule has 0 unspecified atom stereocenters. The van der Waals surface area contributed by atoms with Gasteiger partial charge >= 0.3 is 1.43 Å². The standard InChI is InChI=1S/C5H5NO/c1-2-6-3-5-7-4-1/h1-5H/p+1. The highest BCUT2D eigenvalue weighted by molar-refractivity contribution is 5.71. The predicted octanol–water partition coefficient (Wildman–Crippen LogP) is 1.18. The lowest BCUT2D eigenvalue weighted by atomic mass is 10.7. The second kappa shape index (κ2) is 2.18. The molecule has 1 rings (SSSR count). The van der Waals surface area contributed by atoms with E-state index in [9.17, 15) is 0 Å². The zero-order valence-corrected chi connectivity index (χ0v) is 3.74. The second-order valence-electron chi connectivity index (χ2n) is 1.05. The lowest BCUT2D eigenvalue weighted by Crippen LogP contribution is -1.58. The molecule has 2 heteroatoms. The molecule has 1 aliphatic rings. The van der Waals surface area contributed by atoms with Crippen molar-refractivity contribution in [1.29, 1.82) is 0 Å². The van der Waals surface area contributed by atoms with Crippen LogP contribution in [0, 0.1) is 0 Å². The molecule has 0 saturated carbocycles. The number of allylic oxidation sites excluding steroid dienone is 1. The van der Waals surface area contributed by atoms with Crippen LogP contribution in [0.4, 0.5) is 0 Å². The molecule has 0 radical (unpaired) electrons. The Morgan fingerprint density at radius 2 is 2.43 bits per heavy atom. The quantitative estimate of drug-likeness (QED) is 0.443. The number of aliphatic imine (C=N–C) groups is 1. The van der Waals surface area contributed by atoms with Crippen molar-refractivity contribution in [3.05, 3.63) is 24.8 Å². The van der Waals surface area contributed by atoms with Gasteiger partial charge in [0.1, 0.15) is 6.26 Å². The minimum Gasteiger partial charge on any atom is -0.471 e. The number of ether oxygens (including phenoxy) is 1. The van der Waals surface area contributed by atoms with Crippen molar-refractivity contribution in [2.24, 2.45) is 4.99 Å². The van der Waals surface area contributed by atoms with Crippen molar-refractivity contribution >= 4 is 6.21 Å². The van der Waals surface area contributed by atoms with Crippen LogP contribution in [0.2, 0.25) is 0 Å². The molecule has 1 aliphatic heterocycles. The van der Waals surface area contributed by atoms with E-state index in [1.54, 1.807) is 24.8 Å². The first-order chi connectivity index (χ1) is 3.50. The summed E-state index contributed by atoms with van der Waals surface area (Å²) in [7, 11) is 0. The Bertz CT molecular complexity index is 114. The first-order valence-corrected chi connectivity index (χ1v) is 1.99. The summed E-state index contributed by atoms with van der Waals surface area (Å²) in [5.74, 6) is 0. The topological polar surface area (TPSA) is 21.6 Å². The Hall–Kier alpha value is -1.05. The van der Waals surface area contributed by atoms with Gasteiger partial charge in [0, 0.05) is 6.21 Å². The summed E-state index contributed by atoms with van der Waals surface area (Å²) in [6.07, 6.45) is 8.04. The van der Waals surface area contributed by atoms with Gasteiger partial charge < -0.3 is 4.74 Å². The molecule has 0 atom stereocenters. The van der Waals surface area contributed by atoms with Crippen LogP contribution >= 0.6 is 0 Å². The molecule has 36 valence electrons. The summed E-state index contributed by atoms with van der Waals surface area (Å²) >= 11 is 0. The van der Waals surface area contributed by atoms with E-state index in [1.165, 1.54) is 6.26 Å². The fraction of sp³-hybridized carbons (Fsp3) is 0. The molecular weight excluding hydrogens is 90.1 g/mol. The van der Waals surface area contributed by atoms with Crippen molar-refractivity contribution in [3.63, 3.8) is 0 Å². The van der Waals surface area contributed by atoms with E-state index >= 15 is 0 Å². The highest BCUT2D eigenvalue weighted by Gasteiger charge is 1.70. The molecule has 0 aromatic heterocycles. The summed E-state index contributed by atoms with van der Waals surface area (Å²) in [6, 6.07) is 0. The van der Waals surface area contributed by atoms with Crippen LogP contribution < -0.4 is 0 Å². The Morgan fingerprint density at radius 3 is 3.43 bits per heavy atom. The summed E-state index contributed by atoms with van der Waals surface area (Å²) < 4.78 is 4.71. The maximum Gasteiger partial charge on any atom is 1.00 e. The maximum absolute atomic E-state index is 4.71. The Kier molecular flexibility index (Phi) is 1.28. The van der Waals surface area contributed by atoms with E-state index < -0.39 is 0 Å². The molecular formula is C5H6NO+. The average molecular weight is 96.1 g/mol. The third kappa shape index (κ3) is 1.22. The normalized spacial score (nSPS) is 16.0. The van der Waals surface area contributed by atoms with Crippen molar-refractivity contribution < 1.29 is 6.16 Å². The highest BCUT2D eigenvalue weighted by Crippen LogP contribution is 1.84. The number of hydrogen-bond donors (Lipinski definition) is 0. The largest absolute Gasteiger partial charge is 1.00 e. The third-order valence-electron chi connectivity index (χ3n) is 0.555. The molecule has 0 saturated heterocycles. The van der Waals surface area contributed by atoms with Crippen molar-refractivity contribution in [3.8, 4) is 0 Å². The van der Waals surface area contributed by atoms with Crippen LogP contribution in [0.15, 0.2) is 29.8 Å². The van der Waals surface area contributed by atoms with Crippen LogP contribution in [0.3, 0.4) is 0 Å². The van der Waals surface area contributed by atoms with Crippen LogP contribution in [0.1, 0.15) is 1.43 Å². The second-order valence-corrected chi connectivity index (χ2v) is 1.05. The lowest BCUT2D eigenvalue weighted by molar-refractivity contribution is 0.403.